The van der Waals surface area contributed by atoms with Crippen LogP contribution >= 0.6 is 0 Å². The number of anilines is 1. The van der Waals surface area contributed by atoms with Gasteiger partial charge in [0.1, 0.15) is 23.6 Å². The first kappa shape index (κ1) is 15.9. The highest BCUT2D eigenvalue weighted by Gasteiger charge is 2.16. The summed E-state index contributed by atoms with van der Waals surface area (Å²) >= 11 is 0. The Bertz CT molecular complexity index is 524. The molecule has 0 radical (unpaired) electrons. The third kappa shape index (κ3) is 3.90. The summed E-state index contributed by atoms with van der Waals surface area (Å²) < 4.78 is 0. The zero-order valence-corrected chi connectivity index (χ0v) is 11.9. The first-order chi connectivity index (χ1) is 9.36. The van der Waals surface area contributed by atoms with Crippen molar-refractivity contribution in [3.05, 3.63) is 27.9 Å². The second kappa shape index (κ2) is 6.82. The molecule has 108 valence electrons. The van der Waals surface area contributed by atoms with E-state index in [0.717, 1.165) is 12.6 Å². The van der Waals surface area contributed by atoms with Crippen molar-refractivity contribution in [2.75, 3.05) is 18.5 Å². The molecule has 1 atom stereocenters. The number of pyridine rings is 1. The average Bonchev–Trinajstić information content (AvgIpc) is 2.43. The Morgan fingerprint density at radius 2 is 2.25 bits per heavy atom. The molecule has 0 bridgehead atoms. The lowest BCUT2D eigenvalue weighted by Crippen LogP contribution is -2.32. The lowest BCUT2D eigenvalue weighted by molar-refractivity contribution is -0.385. The van der Waals surface area contributed by atoms with Crippen LogP contribution in [0.1, 0.15) is 25.8 Å². The van der Waals surface area contributed by atoms with Crippen LogP contribution in [0.25, 0.3) is 0 Å². The van der Waals surface area contributed by atoms with Crippen LogP contribution in [0.5, 0.6) is 0 Å². The number of hydrogen-bond acceptors (Lipinski definition) is 6. The molecule has 0 aliphatic carbocycles. The molecule has 0 spiro atoms. The first-order valence-corrected chi connectivity index (χ1v) is 6.38. The molecular formula is C13H19N5O2. The first-order valence-electron chi connectivity index (χ1n) is 6.38. The molecule has 2 N–H and O–H groups in total. The second-order valence-electron chi connectivity index (χ2n) is 5.05. The van der Waals surface area contributed by atoms with Crippen LogP contribution in [0, 0.1) is 27.4 Å². The number of nitro groups is 1. The van der Waals surface area contributed by atoms with Crippen molar-refractivity contribution in [1.29, 1.82) is 5.26 Å². The Balaban J connectivity index is 2.85. The van der Waals surface area contributed by atoms with Crippen LogP contribution in [0.3, 0.4) is 0 Å². The molecule has 0 aliphatic rings. The number of nitriles is 1. The van der Waals surface area contributed by atoms with Gasteiger partial charge in [-0.2, -0.15) is 5.26 Å². The van der Waals surface area contributed by atoms with Crippen LogP contribution in [0.15, 0.2) is 12.3 Å². The third-order valence-electron chi connectivity index (χ3n) is 3.20. The molecule has 1 unspecified atom stereocenters. The van der Waals surface area contributed by atoms with Gasteiger partial charge in [0.05, 0.1) is 4.92 Å². The van der Waals surface area contributed by atoms with Gasteiger partial charge in [-0.15, -0.1) is 0 Å². The van der Waals surface area contributed by atoms with Crippen molar-refractivity contribution < 1.29 is 4.92 Å². The van der Waals surface area contributed by atoms with E-state index in [-0.39, 0.29) is 17.3 Å². The van der Waals surface area contributed by atoms with Gasteiger partial charge in [0.2, 0.25) is 0 Å². The topological polar surface area (TPSA) is 109 Å². The highest BCUT2D eigenvalue weighted by atomic mass is 16.6. The van der Waals surface area contributed by atoms with E-state index < -0.39 is 4.92 Å². The SMILES string of the molecule is CC(C)C(N)CCN(C)c1ncc([N+](=O)[O-])cc1C#N. The fourth-order valence-electron chi connectivity index (χ4n) is 1.71. The molecule has 0 aliphatic heterocycles. The van der Waals surface area contributed by atoms with E-state index in [4.69, 9.17) is 11.0 Å². The van der Waals surface area contributed by atoms with Crippen LogP contribution in [0.2, 0.25) is 0 Å². The molecule has 0 saturated carbocycles. The normalized spacial score (nSPS) is 12.0. The van der Waals surface area contributed by atoms with Gasteiger partial charge >= 0.3 is 0 Å². The van der Waals surface area contributed by atoms with Gasteiger partial charge in [-0.3, -0.25) is 10.1 Å². The molecule has 1 aromatic heterocycles. The van der Waals surface area contributed by atoms with Gasteiger partial charge in [-0.1, -0.05) is 13.8 Å². The molecular weight excluding hydrogens is 258 g/mol. The fraction of sp³-hybridized carbons (Fsp3) is 0.538. The second-order valence-corrected chi connectivity index (χ2v) is 5.05. The fourth-order valence-corrected chi connectivity index (χ4v) is 1.71. The number of nitrogens with zero attached hydrogens (tertiary/aromatic N) is 4. The molecule has 7 heteroatoms. The van der Waals surface area contributed by atoms with Crippen LogP contribution in [-0.4, -0.2) is 29.5 Å². The maximum Gasteiger partial charge on any atom is 0.289 e. The number of nitrogens with two attached hydrogens (primary N) is 1. The lowest BCUT2D eigenvalue weighted by Gasteiger charge is -2.22. The summed E-state index contributed by atoms with van der Waals surface area (Å²) in [7, 11) is 1.79. The van der Waals surface area contributed by atoms with Crippen molar-refractivity contribution in [3.63, 3.8) is 0 Å². The standard InChI is InChI=1S/C13H19N5O2/c1-9(2)12(15)4-5-17(3)13-10(7-14)6-11(8-16-13)18(19)20/h6,8-9,12H,4-5,15H2,1-3H3. The Morgan fingerprint density at radius 1 is 1.60 bits per heavy atom. The predicted octanol–water partition coefficient (Wildman–Crippen LogP) is 1.67. The summed E-state index contributed by atoms with van der Waals surface area (Å²) in [4.78, 5) is 15.9. The highest BCUT2D eigenvalue weighted by Crippen LogP contribution is 2.21. The Labute approximate surface area is 118 Å². The van der Waals surface area contributed by atoms with Crippen LogP contribution < -0.4 is 10.6 Å². The number of rotatable bonds is 6. The summed E-state index contributed by atoms with van der Waals surface area (Å²) in [6.45, 7) is 4.74. The zero-order chi connectivity index (χ0) is 15.3. The Kier molecular flexibility index (Phi) is 5.41. The highest BCUT2D eigenvalue weighted by molar-refractivity contribution is 5.56. The molecule has 0 aromatic carbocycles. The molecule has 0 amide bonds. The average molecular weight is 277 g/mol. The monoisotopic (exact) mass is 277 g/mol. The summed E-state index contributed by atoms with van der Waals surface area (Å²) in [5.41, 5.74) is 5.99. The molecule has 1 heterocycles. The maximum atomic E-state index is 10.7. The van der Waals surface area contributed by atoms with Gasteiger partial charge in [0.25, 0.3) is 5.69 Å². The molecule has 1 aromatic rings. The maximum absolute atomic E-state index is 10.7. The van der Waals surface area contributed by atoms with Crippen molar-refractivity contribution in [1.82, 2.24) is 4.98 Å². The van der Waals surface area contributed by atoms with Gasteiger partial charge in [-0.05, 0) is 12.3 Å². The van der Waals surface area contributed by atoms with E-state index in [0.29, 0.717) is 18.3 Å². The Hall–Kier alpha value is -2.20. The van der Waals surface area contributed by atoms with Crippen molar-refractivity contribution in [2.24, 2.45) is 11.7 Å². The van der Waals surface area contributed by atoms with Crippen molar-refractivity contribution in [3.8, 4) is 6.07 Å². The van der Waals surface area contributed by atoms with E-state index >= 15 is 0 Å². The summed E-state index contributed by atoms with van der Waals surface area (Å²) in [5, 5.41) is 19.7. The molecule has 0 saturated heterocycles. The Morgan fingerprint density at radius 3 is 2.75 bits per heavy atom. The van der Waals surface area contributed by atoms with Crippen molar-refractivity contribution >= 4 is 11.5 Å². The lowest BCUT2D eigenvalue weighted by atomic mass is 10.0. The van der Waals surface area contributed by atoms with E-state index in [9.17, 15) is 10.1 Å². The van der Waals surface area contributed by atoms with Gasteiger partial charge in [0, 0.05) is 25.7 Å². The minimum atomic E-state index is -0.563. The molecule has 20 heavy (non-hydrogen) atoms. The van der Waals surface area contributed by atoms with Gasteiger partial charge in [0.15, 0.2) is 0 Å². The third-order valence-corrected chi connectivity index (χ3v) is 3.20. The number of hydrogen-bond donors (Lipinski definition) is 1. The largest absolute Gasteiger partial charge is 0.359 e. The van der Waals surface area contributed by atoms with Crippen molar-refractivity contribution in [2.45, 2.75) is 26.3 Å². The molecule has 0 fully saturated rings. The van der Waals surface area contributed by atoms with Gasteiger partial charge in [-0.25, -0.2) is 4.98 Å². The van der Waals surface area contributed by atoms with E-state index in [1.165, 1.54) is 6.07 Å². The minimum Gasteiger partial charge on any atom is -0.359 e. The number of aromatic nitrogens is 1. The molecule has 7 nitrogen and oxygen atoms in total. The van der Waals surface area contributed by atoms with Gasteiger partial charge < -0.3 is 10.6 Å². The smallest absolute Gasteiger partial charge is 0.289 e. The quantitative estimate of drug-likeness (QED) is 0.625. The van der Waals surface area contributed by atoms with E-state index in [1.54, 1.807) is 11.9 Å². The molecule has 1 rings (SSSR count). The summed E-state index contributed by atoms with van der Waals surface area (Å²) in [5.74, 6) is 0.817. The summed E-state index contributed by atoms with van der Waals surface area (Å²) in [6, 6.07) is 3.25. The summed E-state index contributed by atoms with van der Waals surface area (Å²) in [6.07, 6.45) is 1.92. The van der Waals surface area contributed by atoms with E-state index in [2.05, 4.69) is 18.8 Å². The zero-order valence-electron chi connectivity index (χ0n) is 11.9. The van der Waals surface area contributed by atoms with Crippen LogP contribution in [0.4, 0.5) is 11.5 Å². The predicted molar refractivity (Wildman–Crippen MR) is 76.3 cm³/mol. The van der Waals surface area contributed by atoms with Crippen LogP contribution in [-0.2, 0) is 0 Å². The van der Waals surface area contributed by atoms with E-state index in [1.807, 2.05) is 6.07 Å². The minimum absolute atomic E-state index is 0.0704.